The van der Waals surface area contributed by atoms with Crippen LogP contribution in [0, 0.1) is 16.6 Å². The van der Waals surface area contributed by atoms with Gasteiger partial charge in [-0.1, -0.05) is 26.0 Å². The Bertz CT molecular complexity index is 741. The maximum Gasteiger partial charge on any atom is 0.313 e. The van der Waals surface area contributed by atoms with E-state index in [1.54, 1.807) is 19.1 Å². The lowest BCUT2D eigenvalue weighted by molar-refractivity contribution is -0.168. The quantitative estimate of drug-likeness (QED) is 0.526. The van der Waals surface area contributed by atoms with E-state index in [-0.39, 0.29) is 11.8 Å². The van der Waals surface area contributed by atoms with E-state index in [1.807, 2.05) is 20.8 Å². The van der Waals surface area contributed by atoms with Crippen LogP contribution < -0.4 is 5.43 Å². The van der Waals surface area contributed by atoms with Gasteiger partial charge in [-0.15, -0.1) is 0 Å². The van der Waals surface area contributed by atoms with Crippen LogP contribution in [0.3, 0.4) is 0 Å². The van der Waals surface area contributed by atoms with Gasteiger partial charge in [-0.05, 0) is 44.4 Å². The van der Waals surface area contributed by atoms with Crippen LogP contribution >= 0.6 is 0 Å². The number of nitrogens with zero attached hydrogens (tertiary/aromatic N) is 1. The molecule has 2 atom stereocenters. The molecule has 2 fully saturated rings. The number of hydrogen-bond donors (Lipinski definition) is 1. The molecule has 128 valence electrons. The second-order valence-electron chi connectivity index (χ2n) is 7.32. The number of nitrogens with one attached hydrogen (secondary N) is 1. The third-order valence-electron chi connectivity index (χ3n) is 6.04. The number of fused-ring (bicyclic) bond motifs is 2. The molecular weight excluding hydrogens is 311 g/mol. The first-order chi connectivity index (χ1) is 11.1. The van der Waals surface area contributed by atoms with Crippen LogP contribution in [0.2, 0.25) is 0 Å². The molecule has 1 heterocycles. The van der Waals surface area contributed by atoms with Gasteiger partial charge in [0, 0.05) is 5.41 Å². The fraction of sp³-hybridized carbons (Fsp3) is 0.500. The smallest absolute Gasteiger partial charge is 0.313 e. The van der Waals surface area contributed by atoms with Crippen LogP contribution in [0.1, 0.15) is 46.1 Å². The van der Waals surface area contributed by atoms with Gasteiger partial charge in [-0.25, -0.2) is 9.82 Å². The molecule has 5 nitrogen and oxygen atoms in total. The molecule has 1 aromatic rings. The summed E-state index contributed by atoms with van der Waals surface area (Å²) in [5.41, 5.74) is 1.32. The lowest BCUT2D eigenvalue weighted by Crippen LogP contribution is -2.52. The molecule has 1 aliphatic carbocycles. The fourth-order valence-corrected chi connectivity index (χ4v) is 3.73. The third kappa shape index (κ3) is 2.01. The number of hydrogen-bond acceptors (Lipinski definition) is 4. The number of rotatable bonds is 3. The average Bonchev–Trinajstić information content (AvgIpc) is 2.83. The van der Waals surface area contributed by atoms with E-state index >= 15 is 0 Å². The topological polar surface area (TPSA) is 67.8 Å². The standard InChI is InChI=1S/C18H21FN2O3/c1-11(12-5-7-13(19)8-6-12)20-21-14(22)18-10-9-17(4,15(23)24-18)16(18,2)3/h5-8H,9-10H2,1-4H3,(H,21,22)/b20-11+. The molecule has 1 saturated carbocycles. The summed E-state index contributed by atoms with van der Waals surface area (Å²) in [6.07, 6.45) is 1.10. The van der Waals surface area contributed by atoms with Gasteiger partial charge in [-0.3, -0.25) is 9.59 Å². The van der Waals surface area contributed by atoms with E-state index in [2.05, 4.69) is 10.5 Å². The van der Waals surface area contributed by atoms with Crippen molar-refractivity contribution in [3.05, 3.63) is 35.6 Å². The highest BCUT2D eigenvalue weighted by molar-refractivity contribution is 6.00. The number of halogens is 1. The first-order valence-electron chi connectivity index (χ1n) is 7.98. The van der Waals surface area contributed by atoms with E-state index < -0.39 is 22.3 Å². The molecule has 1 amide bonds. The van der Waals surface area contributed by atoms with Crippen molar-refractivity contribution < 1.29 is 18.7 Å². The zero-order valence-electron chi connectivity index (χ0n) is 14.3. The van der Waals surface area contributed by atoms with Gasteiger partial charge >= 0.3 is 5.97 Å². The number of amides is 1. The maximum atomic E-state index is 13.0. The SMILES string of the molecule is C/C(=N\NC(=O)C12CCC(C)(C(=O)O1)C2(C)C)c1ccc(F)cc1. The Morgan fingerprint density at radius 1 is 1.21 bits per heavy atom. The largest absolute Gasteiger partial charge is 0.448 e. The molecule has 1 saturated heterocycles. The highest BCUT2D eigenvalue weighted by Crippen LogP contribution is 2.65. The summed E-state index contributed by atoms with van der Waals surface area (Å²) in [6, 6.07) is 5.84. The normalized spacial score (nSPS) is 31.0. The maximum absolute atomic E-state index is 13.0. The predicted octanol–water partition coefficient (Wildman–Crippen LogP) is 2.79. The molecule has 0 aromatic heterocycles. The summed E-state index contributed by atoms with van der Waals surface area (Å²) >= 11 is 0. The minimum absolute atomic E-state index is 0.326. The van der Waals surface area contributed by atoms with Gasteiger partial charge in [0.15, 0.2) is 5.60 Å². The molecule has 1 aliphatic heterocycles. The van der Waals surface area contributed by atoms with Crippen molar-refractivity contribution >= 4 is 17.6 Å². The molecule has 24 heavy (non-hydrogen) atoms. The molecule has 2 aliphatic rings. The van der Waals surface area contributed by atoms with Crippen LogP contribution in [-0.4, -0.2) is 23.2 Å². The Balaban J connectivity index is 1.82. The molecule has 3 rings (SSSR count). The highest BCUT2D eigenvalue weighted by Gasteiger charge is 2.75. The van der Waals surface area contributed by atoms with Crippen LogP contribution in [0.4, 0.5) is 4.39 Å². The molecule has 1 aromatic carbocycles. The number of esters is 1. The number of carbonyl (C=O) groups is 2. The van der Waals surface area contributed by atoms with E-state index in [0.29, 0.717) is 24.1 Å². The van der Waals surface area contributed by atoms with Crippen molar-refractivity contribution in [2.24, 2.45) is 15.9 Å². The zero-order valence-corrected chi connectivity index (χ0v) is 14.3. The van der Waals surface area contributed by atoms with E-state index in [9.17, 15) is 14.0 Å². The number of benzene rings is 1. The van der Waals surface area contributed by atoms with E-state index in [1.165, 1.54) is 12.1 Å². The van der Waals surface area contributed by atoms with Crippen LogP contribution in [0.15, 0.2) is 29.4 Å². The minimum Gasteiger partial charge on any atom is -0.448 e. The first-order valence-corrected chi connectivity index (χ1v) is 7.98. The Morgan fingerprint density at radius 3 is 2.33 bits per heavy atom. The summed E-state index contributed by atoms with van der Waals surface area (Å²) in [6.45, 7) is 7.35. The Kier molecular flexibility index (Phi) is 3.55. The summed E-state index contributed by atoms with van der Waals surface area (Å²) < 4.78 is 18.5. The van der Waals surface area contributed by atoms with Gasteiger partial charge in [0.2, 0.25) is 0 Å². The van der Waals surface area contributed by atoms with Gasteiger partial charge in [-0.2, -0.15) is 5.10 Å². The number of ether oxygens (including phenoxy) is 1. The van der Waals surface area contributed by atoms with Crippen molar-refractivity contribution in [1.82, 2.24) is 5.43 Å². The molecular formula is C18H21FN2O3. The predicted molar refractivity (Wildman–Crippen MR) is 86.7 cm³/mol. The minimum atomic E-state index is -1.19. The van der Waals surface area contributed by atoms with Crippen LogP contribution in [-0.2, 0) is 14.3 Å². The van der Waals surface area contributed by atoms with Crippen molar-refractivity contribution in [3.63, 3.8) is 0 Å². The lowest BCUT2D eigenvalue weighted by Gasteiger charge is -2.34. The summed E-state index contributed by atoms with van der Waals surface area (Å²) in [5, 5.41) is 4.10. The molecule has 2 unspecified atom stereocenters. The average molecular weight is 332 g/mol. The second kappa shape index (κ2) is 5.13. The first kappa shape index (κ1) is 16.6. The Labute approximate surface area is 140 Å². The highest BCUT2D eigenvalue weighted by atomic mass is 19.1. The van der Waals surface area contributed by atoms with Gasteiger partial charge < -0.3 is 4.74 Å². The van der Waals surface area contributed by atoms with Gasteiger partial charge in [0.25, 0.3) is 5.91 Å². The van der Waals surface area contributed by atoms with Crippen molar-refractivity contribution in [1.29, 1.82) is 0 Å². The third-order valence-corrected chi connectivity index (χ3v) is 6.04. The lowest BCUT2D eigenvalue weighted by atomic mass is 9.66. The Hall–Kier alpha value is -2.24. The van der Waals surface area contributed by atoms with Gasteiger partial charge in [0.1, 0.15) is 5.82 Å². The molecule has 6 heteroatoms. The van der Waals surface area contributed by atoms with Crippen LogP contribution in [0.25, 0.3) is 0 Å². The van der Waals surface area contributed by atoms with E-state index in [4.69, 9.17) is 4.74 Å². The molecule has 0 radical (unpaired) electrons. The molecule has 2 bridgehead atoms. The Morgan fingerprint density at radius 2 is 1.83 bits per heavy atom. The molecule has 1 N–H and O–H groups in total. The fourth-order valence-electron chi connectivity index (χ4n) is 3.73. The van der Waals surface area contributed by atoms with Crippen molar-refractivity contribution in [2.75, 3.05) is 0 Å². The zero-order chi connectivity index (χ0) is 17.8. The monoisotopic (exact) mass is 332 g/mol. The second-order valence-corrected chi connectivity index (χ2v) is 7.32. The van der Waals surface area contributed by atoms with E-state index in [0.717, 1.165) is 0 Å². The van der Waals surface area contributed by atoms with Crippen molar-refractivity contribution in [3.8, 4) is 0 Å². The summed E-state index contributed by atoms with van der Waals surface area (Å²) in [4.78, 5) is 25.0. The number of hydrazone groups is 1. The summed E-state index contributed by atoms with van der Waals surface area (Å²) in [5.74, 6) is -1.07. The molecule has 0 spiro atoms. The van der Waals surface area contributed by atoms with Gasteiger partial charge in [0.05, 0.1) is 11.1 Å². The van der Waals surface area contributed by atoms with Crippen molar-refractivity contribution in [2.45, 2.75) is 46.1 Å². The summed E-state index contributed by atoms with van der Waals surface area (Å²) in [7, 11) is 0. The van der Waals surface area contributed by atoms with Crippen LogP contribution in [0.5, 0.6) is 0 Å². The number of carbonyl (C=O) groups excluding carboxylic acids is 2.